The molecule has 2 aromatic carbocycles. The molecule has 1 aromatic heterocycles. The number of nitrogens with one attached hydrogen (secondary N) is 2. The summed E-state index contributed by atoms with van der Waals surface area (Å²) in [5, 5.41) is 3.43. The molecule has 2 N–H and O–H groups in total. The molecule has 3 aromatic rings. The van der Waals surface area contributed by atoms with Gasteiger partial charge in [0, 0.05) is 40.4 Å². The van der Waals surface area contributed by atoms with Crippen molar-refractivity contribution in [3.8, 4) is 11.3 Å². The van der Waals surface area contributed by atoms with Gasteiger partial charge in [-0.3, -0.25) is 4.99 Å². The minimum absolute atomic E-state index is 0. The van der Waals surface area contributed by atoms with E-state index in [1.54, 1.807) is 7.05 Å². The first-order valence-corrected chi connectivity index (χ1v) is 9.34. The Kier molecular flexibility index (Phi) is 8.50. The van der Waals surface area contributed by atoms with Gasteiger partial charge >= 0.3 is 0 Å². The Balaban J connectivity index is 0.00000300. The van der Waals surface area contributed by atoms with Crippen molar-refractivity contribution in [3.05, 3.63) is 72.2 Å². The zero-order valence-corrected chi connectivity index (χ0v) is 19.7. The molecule has 154 valence electrons. The fourth-order valence-corrected chi connectivity index (χ4v) is 3.02. The zero-order valence-electron chi connectivity index (χ0n) is 17.4. The number of anilines is 1. The van der Waals surface area contributed by atoms with Gasteiger partial charge in [0.2, 0.25) is 0 Å². The van der Waals surface area contributed by atoms with Crippen LogP contribution in [-0.4, -0.2) is 49.0 Å². The van der Waals surface area contributed by atoms with Gasteiger partial charge in [0.15, 0.2) is 5.96 Å². The number of hydrogen-bond acceptors (Lipinski definition) is 3. The van der Waals surface area contributed by atoms with Crippen LogP contribution in [0.3, 0.4) is 0 Å². The van der Waals surface area contributed by atoms with Crippen LogP contribution in [0.1, 0.15) is 11.4 Å². The summed E-state index contributed by atoms with van der Waals surface area (Å²) in [6.45, 7) is 1.36. The topological polar surface area (TPSA) is 59.6 Å². The molecule has 29 heavy (non-hydrogen) atoms. The van der Waals surface area contributed by atoms with Crippen LogP contribution in [0.5, 0.6) is 0 Å². The second kappa shape index (κ2) is 10.8. The van der Waals surface area contributed by atoms with E-state index in [-0.39, 0.29) is 24.0 Å². The third kappa shape index (κ3) is 6.22. The van der Waals surface area contributed by atoms with Crippen LogP contribution in [0.4, 0.5) is 5.69 Å². The van der Waals surface area contributed by atoms with Crippen molar-refractivity contribution < 1.29 is 0 Å². The largest absolute Gasteiger partial charge is 0.378 e. The highest BCUT2D eigenvalue weighted by molar-refractivity contribution is 14.0. The van der Waals surface area contributed by atoms with Gasteiger partial charge in [-0.05, 0) is 23.3 Å². The van der Waals surface area contributed by atoms with Gasteiger partial charge < -0.3 is 20.1 Å². The molecule has 0 atom stereocenters. The van der Waals surface area contributed by atoms with E-state index in [1.165, 1.54) is 11.3 Å². The summed E-state index contributed by atoms with van der Waals surface area (Å²) in [5.41, 5.74) is 4.55. The molecule has 0 aliphatic rings. The second-order valence-electron chi connectivity index (χ2n) is 6.93. The van der Waals surface area contributed by atoms with Gasteiger partial charge in [0.05, 0.1) is 18.4 Å². The van der Waals surface area contributed by atoms with Crippen LogP contribution in [-0.2, 0) is 13.1 Å². The molecule has 1 heterocycles. The first-order valence-electron chi connectivity index (χ1n) is 9.34. The van der Waals surface area contributed by atoms with E-state index in [4.69, 9.17) is 0 Å². The summed E-state index contributed by atoms with van der Waals surface area (Å²) in [6, 6.07) is 18.7. The molecule has 0 bridgehead atoms. The van der Waals surface area contributed by atoms with Gasteiger partial charge in [0.25, 0.3) is 0 Å². The third-order valence-corrected chi connectivity index (χ3v) is 4.55. The van der Waals surface area contributed by atoms with E-state index in [0.29, 0.717) is 13.1 Å². The van der Waals surface area contributed by atoms with Crippen molar-refractivity contribution in [2.75, 3.05) is 33.1 Å². The predicted molar refractivity (Wildman–Crippen MR) is 132 cm³/mol. The second-order valence-corrected chi connectivity index (χ2v) is 6.93. The maximum atomic E-state index is 4.51. The molecular weight excluding hydrogens is 475 g/mol. The maximum Gasteiger partial charge on any atom is 0.194 e. The molecule has 0 spiro atoms. The quantitative estimate of drug-likeness (QED) is 0.303. The molecule has 0 radical (unpaired) electrons. The number of nitrogens with zero attached hydrogens (tertiary/aromatic N) is 4. The summed E-state index contributed by atoms with van der Waals surface area (Å²) in [4.78, 5) is 16.5. The third-order valence-electron chi connectivity index (χ3n) is 4.55. The lowest BCUT2D eigenvalue weighted by molar-refractivity contribution is 0.464. The number of aromatic nitrogens is 2. The van der Waals surface area contributed by atoms with Crippen molar-refractivity contribution in [2.24, 2.45) is 4.99 Å². The Bertz CT molecular complexity index is 920. The molecule has 0 saturated heterocycles. The van der Waals surface area contributed by atoms with Crippen LogP contribution < -0.4 is 10.2 Å². The maximum absolute atomic E-state index is 4.51. The van der Waals surface area contributed by atoms with Crippen LogP contribution in [0.25, 0.3) is 11.3 Å². The summed E-state index contributed by atoms with van der Waals surface area (Å²) >= 11 is 0. The number of aliphatic imine (C=N–C) groups is 1. The van der Waals surface area contributed by atoms with Crippen molar-refractivity contribution in [1.29, 1.82) is 0 Å². The molecule has 0 unspecified atom stereocenters. The van der Waals surface area contributed by atoms with E-state index in [9.17, 15) is 0 Å². The highest BCUT2D eigenvalue weighted by Crippen LogP contribution is 2.17. The summed E-state index contributed by atoms with van der Waals surface area (Å²) in [6.07, 6.45) is 1.88. The summed E-state index contributed by atoms with van der Waals surface area (Å²) in [5.74, 6) is 1.73. The first kappa shape index (κ1) is 22.7. The van der Waals surface area contributed by atoms with E-state index in [1.807, 2.05) is 45.5 Å². The van der Waals surface area contributed by atoms with Crippen molar-refractivity contribution in [2.45, 2.75) is 13.1 Å². The van der Waals surface area contributed by atoms with Gasteiger partial charge in [-0.15, -0.1) is 24.0 Å². The smallest absolute Gasteiger partial charge is 0.194 e. The Labute approximate surface area is 190 Å². The number of imidazole rings is 1. The SMILES string of the molecule is CN=C(NCc1cccc(N(C)C)c1)N(C)Cc1ncc(-c2ccccc2)[nH]1.I. The van der Waals surface area contributed by atoms with Crippen molar-refractivity contribution >= 4 is 35.6 Å². The molecule has 0 aliphatic carbocycles. The fraction of sp³-hybridized carbons (Fsp3) is 0.273. The van der Waals surface area contributed by atoms with Gasteiger partial charge in [-0.25, -0.2) is 4.98 Å². The Morgan fingerprint density at radius 1 is 1.07 bits per heavy atom. The molecule has 0 amide bonds. The molecule has 0 saturated carbocycles. The van der Waals surface area contributed by atoms with Gasteiger partial charge in [-0.2, -0.15) is 0 Å². The Morgan fingerprint density at radius 2 is 1.83 bits per heavy atom. The zero-order chi connectivity index (χ0) is 19.9. The Hall–Kier alpha value is -2.55. The highest BCUT2D eigenvalue weighted by atomic mass is 127. The monoisotopic (exact) mass is 504 g/mol. The lowest BCUT2D eigenvalue weighted by atomic mass is 10.2. The van der Waals surface area contributed by atoms with Crippen molar-refractivity contribution in [1.82, 2.24) is 20.2 Å². The van der Waals surface area contributed by atoms with Gasteiger partial charge in [0.1, 0.15) is 5.82 Å². The van der Waals surface area contributed by atoms with Crippen LogP contribution >= 0.6 is 24.0 Å². The van der Waals surface area contributed by atoms with E-state index in [2.05, 4.69) is 66.5 Å². The van der Waals surface area contributed by atoms with Crippen LogP contribution in [0.2, 0.25) is 0 Å². The van der Waals surface area contributed by atoms with E-state index >= 15 is 0 Å². The van der Waals surface area contributed by atoms with Crippen LogP contribution in [0, 0.1) is 0 Å². The molecule has 3 rings (SSSR count). The summed E-state index contributed by atoms with van der Waals surface area (Å²) in [7, 11) is 7.90. The average molecular weight is 504 g/mol. The molecular formula is C22H29IN6. The van der Waals surface area contributed by atoms with Crippen LogP contribution in [0.15, 0.2) is 65.8 Å². The average Bonchev–Trinajstić information content (AvgIpc) is 3.18. The van der Waals surface area contributed by atoms with E-state index in [0.717, 1.165) is 23.0 Å². The van der Waals surface area contributed by atoms with Crippen molar-refractivity contribution in [3.63, 3.8) is 0 Å². The number of H-pyrrole nitrogens is 1. The normalized spacial score (nSPS) is 11.0. The number of rotatable bonds is 6. The Morgan fingerprint density at radius 3 is 2.52 bits per heavy atom. The fourth-order valence-electron chi connectivity index (χ4n) is 3.02. The highest BCUT2D eigenvalue weighted by Gasteiger charge is 2.10. The lowest BCUT2D eigenvalue weighted by Crippen LogP contribution is -2.38. The first-order chi connectivity index (χ1) is 13.6. The summed E-state index contributed by atoms with van der Waals surface area (Å²) < 4.78 is 0. The molecule has 7 heteroatoms. The predicted octanol–water partition coefficient (Wildman–Crippen LogP) is 3.97. The molecule has 0 fully saturated rings. The number of aromatic amines is 1. The standard InChI is InChI=1S/C22H28N6.HI/c1-23-22(25-14-17-9-8-12-19(13-17)27(2)3)28(4)16-21-24-15-20(26-21)18-10-6-5-7-11-18;/h5-13,15H,14,16H2,1-4H3,(H,23,25)(H,24,26);1H. The number of halogens is 1. The number of hydrogen-bond donors (Lipinski definition) is 2. The number of benzene rings is 2. The molecule has 0 aliphatic heterocycles. The number of guanidine groups is 1. The minimum atomic E-state index is 0. The van der Waals surface area contributed by atoms with E-state index < -0.39 is 0 Å². The molecule has 6 nitrogen and oxygen atoms in total. The lowest BCUT2D eigenvalue weighted by Gasteiger charge is -2.21. The minimum Gasteiger partial charge on any atom is -0.378 e. The van der Waals surface area contributed by atoms with Gasteiger partial charge in [-0.1, -0.05) is 42.5 Å².